The zero-order valence-electron chi connectivity index (χ0n) is 9.86. The maximum atomic E-state index is 13.3. The standard InChI is InChI=1S/C13H16FN3/c1-8(15)13-16-11-5-4-10(14)6-12(11)17(13)7-9-2-3-9/h4-6,8-9H,2-3,7,15H2,1H3. The van der Waals surface area contributed by atoms with Crippen LogP contribution in [0.25, 0.3) is 11.0 Å². The summed E-state index contributed by atoms with van der Waals surface area (Å²) in [7, 11) is 0. The van der Waals surface area contributed by atoms with E-state index < -0.39 is 0 Å². The number of nitrogens with zero attached hydrogens (tertiary/aromatic N) is 2. The van der Waals surface area contributed by atoms with Gasteiger partial charge in [0.2, 0.25) is 0 Å². The van der Waals surface area contributed by atoms with Gasteiger partial charge in [0, 0.05) is 6.54 Å². The number of fused-ring (bicyclic) bond motifs is 1. The van der Waals surface area contributed by atoms with Crippen LogP contribution in [0.3, 0.4) is 0 Å². The van der Waals surface area contributed by atoms with Crippen molar-refractivity contribution < 1.29 is 4.39 Å². The zero-order chi connectivity index (χ0) is 12.0. The molecule has 0 amide bonds. The van der Waals surface area contributed by atoms with Gasteiger partial charge in [0.05, 0.1) is 17.1 Å². The zero-order valence-corrected chi connectivity index (χ0v) is 9.86. The average molecular weight is 233 g/mol. The van der Waals surface area contributed by atoms with Crippen molar-refractivity contribution in [1.29, 1.82) is 0 Å². The highest BCUT2D eigenvalue weighted by molar-refractivity contribution is 5.76. The summed E-state index contributed by atoms with van der Waals surface area (Å²) in [6.45, 7) is 2.83. The number of benzene rings is 1. The topological polar surface area (TPSA) is 43.8 Å². The van der Waals surface area contributed by atoms with Crippen LogP contribution in [0.2, 0.25) is 0 Å². The second kappa shape index (κ2) is 3.81. The lowest BCUT2D eigenvalue weighted by Crippen LogP contribution is -2.14. The molecule has 1 fully saturated rings. The van der Waals surface area contributed by atoms with Gasteiger partial charge < -0.3 is 10.3 Å². The summed E-state index contributed by atoms with van der Waals surface area (Å²) in [4.78, 5) is 4.51. The number of rotatable bonds is 3. The minimum absolute atomic E-state index is 0.121. The summed E-state index contributed by atoms with van der Waals surface area (Å²) in [6.07, 6.45) is 2.51. The summed E-state index contributed by atoms with van der Waals surface area (Å²) in [5.74, 6) is 1.36. The van der Waals surface area contributed by atoms with E-state index in [0.717, 1.165) is 23.4 Å². The van der Waals surface area contributed by atoms with Crippen LogP contribution >= 0.6 is 0 Å². The van der Waals surface area contributed by atoms with E-state index in [9.17, 15) is 4.39 Å². The van der Waals surface area contributed by atoms with Crippen LogP contribution in [0.4, 0.5) is 4.39 Å². The fraction of sp³-hybridized carbons (Fsp3) is 0.462. The van der Waals surface area contributed by atoms with Crippen LogP contribution in [0.15, 0.2) is 18.2 Å². The maximum Gasteiger partial charge on any atom is 0.126 e. The predicted octanol–water partition coefficient (Wildman–Crippen LogP) is 2.61. The first-order valence-electron chi connectivity index (χ1n) is 6.06. The number of hydrogen-bond donors (Lipinski definition) is 1. The molecule has 90 valence electrons. The summed E-state index contributed by atoms with van der Waals surface area (Å²) < 4.78 is 15.4. The Morgan fingerprint density at radius 2 is 2.29 bits per heavy atom. The van der Waals surface area contributed by atoms with E-state index in [1.807, 2.05) is 6.92 Å². The van der Waals surface area contributed by atoms with E-state index in [-0.39, 0.29) is 11.9 Å². The van der Waals surface area contributed by atoms with Crippen molar-refractivity contribution in [1.82, 2.24) is 9.55 Å². The molecular weight excluding hydrogens is 217 g/mol. The van der Waals surface area contributed by atoms with Crippen molar-refractivity contribution in [3.8, 4) is 0 Å². The SMILES string of the molecule is CC(N)c1nc2ccc(F)cc2n1CC1CC1. The summed E-state index contributed by atoms with van der Waals surface area (Å²) >= 11 is 0. The van der Waals surface area contributed by atoms with Crippen molar-refractivity contribution in [3.05, 3.63) is 29.8 Å². The molecule has 1 aromatic heterocycles. The molecule has 1 unspecified atom stereocenters. The third-order valence-electron chi connectivity index (χ3n) is 3.28. The molecule has 0 spiro atoms. The fourth-order valence-corrected chi connectivity index (χ4v) is 2.21. The number of nitrogens with two attached hydrogens (primary N) is 1. The average Bonchev–Trinajstić information content (AvgIpc) is 3.01. The van der Waals surface area contributed by atoms with Gasteiger partial charge in [0.25, 0.3) is 0 Å². The smallest absolute Gasteiger partial charge is 0.126 e. The lowest BCUT2D eigenvalue weighted by Gasteiger charge is -2.10. The lowest BCUT2D eigenvalue weighted by atomic mass is 10.3. The molecule has 2 N–H and O–H groups in total. The van der Waals surface area contributed by atoms with Crippen LogP contribution in [0.1, 0.15) is 31.6 Å². The lowest BCUT2D eigenvalue weighted by molar-refractivity contribution is 0.579. The largest absolute Gasteiger partial charge is 0.326 e. The van der Waals surface area contributed by atoms with Crippen LogP contribution in [-0.4, -0.2) is 9.55 Å². The Kier molecular flexibility index (Phi) is 2.40. The molecule has 1 heterocycles. The highest BCUT2D eigenvalue weighted by Gasteiger charge is 2.25. The van der Waals surface area contributed by atoms with Gasteiger partial charge in [-0.05, 0) is 43.9 Å². The van der Waals surface area contributed by atoms with Gasteiger partial charge in [0.15, 0.2) is 0 Å². The van der Waals surface area contributed by atoms with E-state index in [0.29, 0.717) is 5.92 Å². The molecule has 1 atom stereocenters. The molecule has 17 heavy (non-hydrogen) atoms. The minimum atomic E-state index is -0.217. The minimum Gasteiger partial charge on any atom is -0.326 e. The maximum absolute atomic E-state index is 13.3. The Labute approximate surface area is 99.4 Å². The van der Waals surface area contributed by atoms with E-state index in [1.54, 1.807) is 12.1 Å². The molecule has 1 aliphatic rings. The molecule has 3 nitrogen and oxygen atoms in total. The van der Waals surface area contributed by atoms with Crippen LogP contribution in [-0.2, 0) is 6.54 Å². The number of imidazole rings is 1. The first-order chi connectivity index (χ1) is 8.15. The third kappa shape index (κ3) is 1.93. The Bertz CT molecular complexity index is 555. The van der Waals surface area contributed by atoms with Gasteiger partial charge >= 0.3 is 0 Å². The molecular formula is C13H16FN3. The Balaban J connectivity index is 2.16. The van der Waals surface area contributed by atoms with Crippen molar-refractivity contribution in [2.75, 3.05) is 0 Å². The molecule has 1 saturated carbocycles. The van der Waals surface area contributed by atoms with E-state index in [4.69, 9.17) is 5.73 Å². The summed E-state index contributed by atoms with van der Waals surface area (Å²) in [5.41, 5.74) is 7.63. The quantitative estimate of drug-likeness (QED) is 0.885. The van der Waals surface area contributed by atoms with Crippen LogP contribution in [0.5, 0.6) is 0 Å². The molecule has 2 aromatic rings. The van der Waals surface area contributed by atoms with Crippen molar-refractivity contribution in [3.63, 3.8) is 0 Å². The second-order valence-corrected chi connectivity index (χ2v) is 4.95. The van der Waals surface area contributed by atoms with E-state index >= 15 is 0 Å². The second-order valence-electron chi connectivity index (χ2n) is 4.95. The first kappa shape index (κ1) is 10.7. The molecule has 0 radical (unpaired) electrons. The van der Waals surface area contributed by atoms with Gasteiger partial charge in [0.1, 0.15) is 11.6 Å². The molecule has 1 aromatic carbocycles. The van der Waals surface area contributed by atoms with Crippen molar-refractivity contribution in [2.45, 2.75) is 32.4 Å². The van der Waals surface area contributed by atoms with Crippen LogP contribution in [0, 0.1) is 11.7 Å². The summed E-state index contributed by atoms with van der Waals surface area (Å²) in [6, 6.07) is 4.60. The first-order valence-corrected chi connectivity index (χ1v) is 6.06. The van der Waals surface area contributed by atoms with Crippen molar-refractivity contribution in [2.24, 2.45) is 11.7 Å². The van der Waals surface area contributed by atoms with Gasteiger partial charge in [-0.3, -0.25) is 0 Å². The van der Waals surface area contributed by atoms with Gasteiger partial charge in [-0.25, -0.2) is 9.37 Å². The molecule has 3 rings (SSSR count). The van der Waals surface area contributed by atoms with Crippen LogP contribution < -0.4 is 5.73 Å². The molecule has 1 aliphatic carbocycles. The molecule has 0 aliphatic heterocycles. The van der Waals surface area contributed by atoms with Gasteiger partial charge in [-0.2, -0.15) is 0 Å². The molecule has 0 bridgehead atoms. The Hall–Kier alpha value is -1.42. The number of aromatic nitrogens is 2. The Morgan fingerprint density at radius 3 is 2.94 bits per heavy atom. The fourth-order valence-electron chi connectivity index (χ4n) is 2.21. The Morgan fingerprint density at radius 1 is 1.53 bits per heavy atom. The number of hydrogen-bond acceptors (Lipinski definition) is 2. The normalized spacial score (nSPS) is 17.6. The molecule has 4 heteroatoms. The molecule has 0 saturated heterocycles. The predicted molar refractivity (Wildman–Crippen MR) is 65.0 cm³/mol. The number of halogens is 1. The summed E-state index contributed by atoms with van der Waals surface area (Å²) in [5, 5.41) is 0. The van der Waals surface area contributed by atoms with E-state index in [1.165, 1.54) is 18.9 Å². The highest BCUT2D eigenvalue weighted by atomic mass is 19.1. The van der Waals surface area contributed by atoms with Gasteiger partial charge in [-0.15, -0.1) is 0 Å². The van der Waals surface area contributed by atoms with E-state index in [2.05, 4.69) is 9.55 Å². The third-order valence-corrected chi connectivity index (χ3v) is 3.28. The van der Waals surface area contributed by atoms with Gasteiger partial charge in [-0.1, -0.05) is 0 Å². The van der Waals surface area contributed by atoms with Crippen molar-refractivity contribution >= 4 is 11.0 Å². The highest BCUT2D eigenvalue weighted by Crippen LogP contribution is 2.33. The monoisotopic (exact) mass is 233 g/mol.